The molecule has 0 bridgehead atoms. The van der Waals surface area contributed by atoms with Gasteiger partial charge in [-0.15, -0.1) is 0 Å². The Morgan fingerprint density at radius 1 is 1.10 bits per heavy atom. The average Bonchev–Trinajstić information content (AvgIpc) is 2.45. The second-order valence-electron chi connectivity index (χ2n) is 3.69. The van der Waals surface area contributed by atoms with E-state index >= 15 is 0 Å². The third kappa shape index (κ3) is 8.45. The van der Waals surface area contributed by atoms with Crippen molar-refractivity contribution >= 4 is 13.6 Å². The van der Waals surface area contributed by atoms with E-state index in [2.05, 4.69) is 6.58 Å². The van der Waals surface area contributed by atoms with Crippen LogP contribution in [0.1, 0.15) is 6.92 Å². The molecular weight excluding hydrogens is 287 g/mol. The third-order valence-electron chi connectivity index (χ3n) is 2.28. The van der Waals surface area contributed by atoms with E-state index in [0.717, 1.165) is 0 Å². The van der Waals surface area contributed by atoms with Gasteiger partial charge in [-0.3, -0.25) is 4.57 Å². The zero-order valence-electron chi connectivity index (χ0n) is 12.3. The summed E-state index contributed by atoms with van der Waals surface area (Å²) < 4.78 is 36.3. The molecule has 0 saturated carbocycles. The SMILES string of the molecule is C=C(COCCOCCP(=O)(OC)OC)C(=O)OCC. The van der Waals surface area contributed by atoms with Crippen LogP contribution in [0.2, 0.25) is 0 Å². The van der Waals surface area contributed by atoms with Gasteiger partial charge in [-0.05, 0) is 6.92 Å². The Kier molecular flexibility index (Phi) is 10.6. The van der Waals surface area contributed by atoms with Gasteiger partial charge in [0, 0.05) is 14.2 Å². The molecule has 0 amide bonds. The van der Waals surface area contributed by atoms with Crippen LogP contribution in [0.15, 0.2) is 12.2 Å². The predicted molar refractivity (Wildman–Crippen MR) is 73.9 cm³/mol. The fourth-order valence-electron chi connectivity index (χ4n) is 1.14. The Morgan fingerprint density at radius 3 is 2.25 bits per heavy atom. The number of carbonyl (C=O) groups excluding carboxylic acids is 1. The van der Waals surface area contributed by atoms with Gasteiger partial charge in [0.1, 0.15) is 0 Å². The third-order valence-corrected chi connectivity index (χ3v) is 4.12. The van der Waals surface area contributed by atoms with E-state index in [9.17, 15) is 9.36 Å². The summed E-state index contributed by atoms with van der Waals surface area (Å²) in [4.78, 5) is 11.2. The van der Waals surface area contributed by atoms with Gasteiger partial charge in [-0.1, -0.05) is 6.58 Å². The second-order valence-corrected chi connectivity index (χ2v) is 6.09. The Hall–Kier alpha value is -0.720. The fraction of sp³-hybridized carbons (Fsp3) is 0.750. The van der Waals surface area contributed by atoms with E-state index in [-0.39, 0.29) is 24.9 Å². The summed E-state index contributed by atoms with van der Waals surface area (Å²) in [5.41, 5.74) is 0.259. The Bertz CT molecular complexity index is 335. The van der Waals surface area contributed by atoms with Gasteiger partial charge < -0.3 is 23.3 Å². The van der Waals surface area contributed by atoms with Crippen LogP contribution in [0.5, 0.6) is 0 Å². The molecule has 0 N–H and O–H groups in total. The average molecular weight is 310 g/mol. The number of hydrogen-bond donors (Lipinski definition) is 0. The molecule has 0 saturated heterocycles. The van der Waals surface area contributed by atoms with Gasteiger partial charge in [0.2, 0.25) is 0 Å². The maximum Gasteiger partial charge on any atom is 0.335 e. The van der Waals surface area contributed by atoms with E-state index in [0.29, 0.717) is 19.8 Å². The Balaban J connectivity index is 3.57. The Labute approximate surface area is 119 Å². The molecule has 0 aliphatic rings. The summed E-state index contributed by atoms with van der Waals surface area (Å²) in [6.45, 7) is 6.51. The van der Waals surface area contributed by atoms with Crippen LogP contribution in [-0.2, 0) is 32.6 Å². The standard InChI is InChI=1S/C12H23O7P/c1-5-19-12(13)11(2)10-18-7-6-17-8-9-20(14,15-3)16-4/h2,5-10H2,1,3-4H3. The predicted octanol–water partition coefficient (Wildman–Crippen LogP) is 1.62. The monoisotopic (exact) mass is 310 g/mol. The highest BCUT2D eigenvalue weighted by Crippen LogP contribution is 2.45. The summed E-state index contributed by atoms with van der Waals surface area (Å²) in [5.74, 6) is -0.463. The molecule has 7 nitrogen and oxygen atoms in total. The molecular formula is C12H23O7P. The first-order valence-corrected chi connectivity index (χ1v) is 7.92. The molecule has 0 spiro atoms. The van der Waals surface area contributed by atoms with E-state index in [4.69, 9.17) is 23.3 Å². The minimum atomic E-state index is -3.01. The molecule has 0 aliphatic carbocycles. The summed E-state index contributed by atoms with van der Waals surface area (Å²) in [6.07, 6.45) is 0.176. The smallest absolute Gasteiger partial charge is 0.335 e. The van der Waals surface area contributed by atoms with Crippen molar-refractivity contribution in [2.45, 2.75) is 6.92 Å². The summed E-state index contributed by atoms with van der Waals surface area (Å²) in [6, 6.07) is 0. The molecule has 0 fully saturated rings. The van der Waals surface area contributed by atoms with Crippen molar-refractivity contribution in [2.24, 2.45) is 0 Å². The van der Waals surface area contributed by atoms with Gasteiger partial charge in [0.15, 0.2) is 0 Å². The number of rotatable bonds is 12. The van der Waals surface area contributed by atoms with Gasteiger partial charge >= 0.3 is 13.6 Å². The number of hydrogen-bond acceptors (Lipinski definition) is 7. The minimum absolute atomic E-state index is 0.0941. The van der Waals surface area contributed by atoms with Crippen LogP contribution in [0, 0.1) is 0 Å². The summed E-state index contributed by atoms with van der Waals surface area (Å²) in [5, 5.41) is 0. The molecule has 0 aromatic carbocycles. The van der Waals surface area contributed by atoms with Gasteiger partial charge in [-0.25, -0.2) is 4.79 Å². The molecule has 0 aliphatic heterocycles. The van der Waals surface area contributed by atoms with Gasteiger partial charge in [0.05, 0.1) is 44.8 Å². The first kappa shape index (κ1) is 19.3. The fourth-order valence-corrected chi connectivity index (χ4v) is 2.01. The molecule has 0 atom stereocenters. The van der Waals surface area contributed by atoms with Crippen LogP contribution in [-0.4, -0.2) is 59.4 Å². The lowest BCUT2D eigenvalue weighted by atomic mass is 10.3. The highest BCUT2D eigenvalue weighted by molar-refractivity contribution is 7.53. The molecule has 20 heavy (non-hydrogen) atoms. The zero-order chi connectivity index (χ0) is 15.4. The molecule has 0 rings (SSSR count). The first-order valence-electron chi connectivity index (χ1n) is 6.20. The summed E-state index contributed by atoms with van der Waals surface area (Å²) in [7, 11) is -0.359. The highest BCUT2D eigenvalue weighted by atomic mass is 31.2. The molecule has 0 aromatic rings. The minimum Gasteiger partial charge on any atom is -0.463 e. The van der Waals surface area contributed by atoms with Crippen LogP contribution < -0.4 is 0 Å². The van der Waals surface area contributed by atoms with Gasteiger partial charge in [0.25, 0.3) is 0 Å². The van der Waals surface area contributed by atoms with Crippen molar-refractivity contribution < 1.29 is 32.6 Å². The zero-order valence-corrected chi connectivity index (χ0v) is 13.1. The molecule has 0 heterocycles. The number of ether oxygens (including phenoxy) is 3. The van der Waals surface area contributed by atoms with E-state index < -0.39 is 13.6 Å². The van der Waals surface area contributed by atoms with Crippen molar-refractivity contribution in [1.82, 2.24) is 0 Å². The van der Waals surface area contributed by atoms with Crippen molar-refractivity contribution in [2.75, 3.05) is 53.4 Å². The van der Waals surface area contributed by atoms with Crippen molar-refractivity contribution in [3.05, 3.63) is 12.2 Å². The van der Waals surface area contributed by atoms with Crippen molar-refractivity contribution in [1.29, 1.82) is 0 Å². The normalized spacial score (nSPS) is 11.3. The van der Waals surface area contributed by atoms with E-state index in [1.165, 1.54) is 14.2 Å². The number of esters is 1. The van der Waals surface area contributed by atoms with Crippen LogP contribution in [0.4, 0.5) is 0 Å². The van der Waals surface area contributed by atoms with Crippen LogP contribution >= 0.6 is 7.60 Å². The lowest BCUT2D eigenvalue weighted by molar-refractivity contribution is -0.139. The van der Waals surface area contributed by atoms with Crippen LogP contribution in [0.3, 0.4) is 0 Å². The largest absolute Gasteiger partial charge is 0.463 e. The maximum absolute atomic E-state index is 11.6. The number of carbonyl (C=O) groups is 1. The topological polar surface area (TPSA) is 80.3 Å². The molecule has 0 radical (unpaired) electrons. The van der Waals surface area contributed by atoms with E-state index in [1.54, 1.807) is 6.92 Å². The Morgan fingerprint density at radius 2 is 1.70 bits per heavy atom. The van der Waals surface area contributed by atoms with E-state index in [1.807, 2.05) is 0 Å². The molecule has 8 heteroatoms. The molecule has 118 valence electrons. The van der Waals surface area contributed by atoms with Crippen LogP contribution in [0.25, 0.3) is 0 Å². The highest BCUT2D eigenvalue weighted by Gasteiger charge is 2.20. The summed E-state index contributed by atoms with van der Waals surface area (Å²) >= 11 is 0. The first-order chi connectivity index (χ1) is 9.49. The van der Waals surface area contributed by atoms with Crippen molar-refractivity contribution in [3.63, 3.8) is 0 Å². The second kappa shape index (κ2) is 11.0. The van der Waals surface area contributed by atoms with Gasteiger partial charge in [-0.2, -0.15) is 0 Å². The maximum atomic E-state index is 11.6. The lowest BCUT2D eigenvalue weighted by Crippen LogP contribution is -2.14. The molecule has 0 aromatic heterocycles. The molecule has 0 unspecified atom stereocenters. The lowest BCUT2D eigenvalue weighted by Gasteiger charge is -2.13. The van der Waals surface area contributed by atoms with Crippen molar-refractivity contribution in [3.8, 4) is 0 Å². The quantitative estimate of drug-likeness (QED) is 0.234.